The van der Waals surface area contributed by atoms with E-state index in [-0.39, 0.29) is 11.5 Å². The first-order valence-electron chi connectivity index (χ1n) is 9.93. The Morgan fingerprint density at radius 1 is 1.31 bits per heavy atom. The summed E-state index contributed by atoms with van der Waals surface area (Å²) in [5.74, 6) is 1.19. The molecule has 2 aliphatic heterocycles. The van der Waals surface area contributed by atoms with E-state index in [1.165, 1.54) is 11.8 Å². The maximum absolute atomic E-state index is 13.4. The molecule has 0 aromatic carbocycles. The summed E-state index contributed by atoms with van der Waals surface area (Å²) in [7, 11) is 0. The molecule has 2 fully saturated rings. The highest BCUT2D eigenvalue weighted by atomic mass is 32.2. The molecule has 0 saturated carbocycles. The highest BCUT2D eigenvalue weighted by Gasteiger charge is 2.32. The predicted octanol–water partition coefficient (Wildman–Crippen LogP) is 3.46. The van der Waals surface area contributed by atoms with Gasteiger partial charge >= 0.3 is 0 Å². The summed E-state index contributed by atoms with van der Waals surface area (Å²) in [5.41, 5.74) is 1.90. The average Bonchev–Trinajstić information content (AvgIpc) is 2.97. The molecule has 4 rings (SSSR count). The molecule has 0 spiro atoms. The Morgan fingerprint density at radius 3 is 2.69 bits per heavy atom. The van der Waals surface area contributed by atoms with E-state index in [1.807, 2.05) is 26.0 Å². The van der Waals surface area contributed by atoms with Gasteiger partial charge in [0, 0.05) is 25.8 Å². The molecule has 1 amide bonds. The number of likely N-dealkylation sites (N-methyl/N-ethyl adjacent to an activating group) is 1. The summed E-state index contributed by atoms with van der Waals surface area (Å²) >= 11 is 6.57. The topological polar surface area (TPSA) is 57.9 Å². The molecule has 0 bridgehead atoms. The van der Waals surface area contributed by atoms with E-state index < -0.39 is 0 Å². The van der Waals surface area contributed by atoms with Crippen LogP contribution in [0, 0.1) is 12.8 Å². The van der Waals surface area contributed by atoms with E-state index in [1.54, 1.807) is 21.6 Å². The Balaban J connectivity index is 1.90. The smallest absolute Gasteiger partial charge is 0.267 e. The standard InChI is InChI=1S/C21H24N4O2S2/c1-4-24-20(27)16(29-21(24)28)12-15-18(23-10-7-13(2)8-11-23)22-17-14(3)6-5-9-25(17)19(15)26/h5-6,9,12-13H,4,7-8,10-11H2,1-3H3/b16-12-. The maximum Gasteiger partial charge on any atom is 0.267 e. The van der Waals surface area contributed by atoms with Crippen molar-refractivity contribution >= 4 is 51.7 Å². The van der Waals surface area contributed by atoms with Crippen LogP contribution in [-0.4, -0.2) is 44.1 Å². The lowest BCUT2D eigenvalue weighted by molar-refractivity contribution is -0.121. The molecular formula is C21H24N4O2S2. The van der Waals surface area contributed by atoms with Crippen LogP contribution in [0.15, 0.2) is 28.0 Å². The fourth-order valence-corrected chi connectivity index (χ4v) is 5.16. The summed E-state index contributed by atoms with van der Waals surface area (Å²) in [6, 6.07) is 3.80. The number of fused-ring (bicyclic) bond motifs is 1. The van der Waals surface area contributed by atoms with E-state index >= 15 is 0 Å². The van der Waals surface area contributed by atoms with E-state index in [0.717, 1.165) is 31.5 Å². The zero-order valence-corrected chi connectivity index (χ0v) is 18.5. The van der Waals surface area contributed by atoms with Crippen molar-refractivity contribution in [3.63, 3.8) is 0 Å². The van der Waals surface area contributed by atoms with Gasteiger partial charge in [-0.2, -0.15) is 0 Å². The number of hydrogen-bond acceptors (Lipinski definition) is 6. The highest BCUT2D eigenvalue weighted by molar-refractivity contribution is 8.26. The molecule has 0 atom stereocenters. The Labute approximate surface area is 179 Å². The molecule has 29 heavy (non-hydrogen) atoms. The van der Waals surface area contributed by atoms with Gasteiger partial charge in [0.25, 0.3) is 11.5 Å². The van der Waals surface area contributed by atoms with Crippen LogP contribution < -0.4 is 10.5 Å². The van der Waals surface area contributed by atoms with Gasteiger partial charge in [0.15, 0.2) is 0 Å². The van der Waals surface area contributed by atoms with Crippen LogP contribution in [0.3, 0.4) is 0 Å². The van der Waals surface area contributed by atoms with Gasteiger partial charge in [-0.3, -0.25) is 18.9 Å². The van der Waals surface area contributed by atoms with Gasteiger partial charge in [-0.1, -0.05) is 37.0 Å². The summed E-state index contributed by atoms with van der Waals surface area (Å²) in [6.07, 6.45) is 5.54. The van der Waals surface area contributed by atoms with Crippen LogP contribution in [0.25, 0.3) is 11.7 Å². The lowest BCUT2D eigenvalue weighted by atomic mass is 9.99. The van der Waals surface area contributed by atoms with Gasteiger partial charge in [-0.25, -0.2) is 4.98 Å². The first-order valence-corrected chi connectivity index (χ1v) is 11.2. The number of aryl methyl sites for hydroxylation is 1. The van der Waals surface area contributed by atoms with Crippen molar-refractivity contribution in [2.45, 2.75) is 33.6 Å². The average molecular weight is 429 g/mol. The number of amides is 1. The molecule has 2 aliphatic rings. The van der Waals surface area contributed by atoms with Crippen LogP contribution >= 0.6 is 24.0 Å². The molecule has 0 radical (unpaired) electrons. The third kappa shape index (κ3) is 3.59. The largest absolute Gasteiger partial charge is 0.356 e. The summed E-state index contributed by atoms with van der Waals surface area (Å²) in [4.78, 5) is 35.2. The number of piperidine rings is 1. The lowest BCUT2D eigenvalue weighted by Crippen LogP contribution is -2.36. The van der Waals surface area contributed by atoms with Gasteiger partial charge in [0.2, 0.25) is 0 Å². The molecule has 2 saturated heterocycles. The Kier molecular flexibility index (Phi) is 5.48. The second kappa shape index (κ2) is 7.91. The number of anilines is 1. The van der Waals surface area contributed by atoms with Crippen molar-refractivity contribution in [2.75, 3.05) is 24.5 Å². The van der Waals surface area contributed by atoms with E-state index in [9.17, 15) is 9.59 Å². The third-order valence-corrected chi connectivity index (χ3v) is 6.99. The van der Waals surface area contributed by atoms with Gasteiger partial charge in [0.1, 0.15) is 15.8 Å². The van der Waals surface area contributed by atoms with Crippen molar-refractivity contribution in [1.29, 1.82) is 0 Å². The Hall–Kier alpha value is -2.19. The van der Waals surface area contributed by atoms with Crippen LogP contribution in [-0.2, 0) is 4.79 Å². The fraction of sp³-hybridized carbons (Fsp3) is 0.429. The van der Waals surface area contributed by atoms with Crippen molar-refractivity contribution in [3.05, 3.63) is 44.7 Å². The number of pyridine rings is 1. The molecule has 6 nitrogen and oxygen atoms in total. The Morgan fingerprint density at radius 2 is 2.03 bits per heavy atom. The second-order valence-corrected chi connectivity index (χ2v) is 9.31. The molecule has 152 valence electrons. The molecule has 2 aromatic rings. The van der Waals surface area contributed by atoms with Gasteiger partial charge < -0.3 is 4.90 Å². The first-order chi connectivity index (χ1) is 13.9. The predicted molar refractivity (Wildman–Crippen MR) is 122 cm³/mol. The van der Waals surface area contributed by atoms with Gasteiger partial charge in [0.05, 0.1) is 10.5 Å². The fourth-order valence-electron chi connectivity index (χ4n) is 3.79. The maximum atomic E-state index is 13.4. The number of rotatable bonds is 3. The monoisotopic (exact) mass is 428 g/mol. The summed E-state index contributed by atoms with van der Waals surface area (Å²) in [6.45, 7) is 8.33. The minimum atomic E-state index is -0.158. The van der Waals surface area contributed by atoms with Crippen LogP contribution in [0.1, 0.15) is 37.8 Å². The third-order valence-electron chi connectivity index (χ3n) is 5.61. The number of thiocarbonyl (C=S) groups is 1. The number of carbonyl (C=O) groups is 1. The first kappa shape index (κ1) is 20.1. The van der Waals surface area contributed by atoms with E-state index in [0.29, 0.717) is 38.7 Å². The van der Waals surface area contributed by atoms with Crippen molar-refractivity contribution in [1.82, 2.24) is 14.3 Å². The van der Waals surface area contributed by atoms with Crippen LogP contribution in [0.5, 0.6) is 0 Å². The Bertz CT molecular complexity index is 1080. The molecule has 0 aliphatic carbocycles. The lowest BCUT2D eigenvalue weighted by Gasteiger charge is -2.32. The van der Waals surface area contributed by atoms with Crippen LogP contribution in [0.4, 0.5) is 5.82 Å². The molecular weight excluding hydrogens is 404 g/mol. The highest BCUT2D eigenvalue weighted by Crippen LogP contribution is 2.34. The zero-order valence-electron chi connectivity index (χ0n) is 16.8. The molecule has 4 heterocycles. The normalized spacial score (nSPS) is 19.8. The minimum Gasteiger partial charge on any atom is -0.356 e. The quantitative estimate of drug-likeness (QED) is 0.551. The van der Waals surface area contributed by atoms with Gasteiger partial charge in [-0.05, 0) is 50.3 Å². The summed E-state index contributed by atoms with van der Waals surface area (Å²) in [5, 5.41) is 0. The molecule has 2 aromatic heterocycles. The molecule has 0 N–H and O–H groups in total. The zero-order chi connectivity index (χ0) is 20.7. The summed E-state index contributed by atoms with van der Waals surface area (Å²) < 4.78 is 2.10. The van der Waals surface area contributed by atoms with Crippen molar-refractivity contribution in [3.8, 4) is 0 Å². The number of hydrogen-bond donors (Lipinski definition) is 0. The number of nitrogens with zero attached hydrogens (tertiary/aromatic N) is 4. The molecule has 8 heteroatoms. The van der Waals surface area contributed by atoms with Crippen LogP contribution in [0.2, 0.25) is 0 Å². The molecule has 0 unspecified atom stereocenters. The van der Waals surface area contributed by atoms with E-state index in [4.69, 9.17) is 17.2 Å². The van der Waals surface area contributed by atoms with Crippen molar-refractivity contribution in [2.24, 2.45) is 5.92 Å². The second-order valence-electron chi connectivity index (χ2n) is 7.63. The van der Waals surface area contributed by atoms with Crippen molar-refractivity contribution < 1.29 is 4.79 Å². The van der Waals surface area contributed by atoms with E-state index in [2.05, 4.69) is 11.8 Å². The number of aromatic nitrogens is 2. The number of carbonyl (C=O) groups excluding carboxylic acids is 1. The van der Waals surface area contributed by atoms with Gasteiger partial charge in [-0.15, -0.1) is 0 Å². The minimum absolute atomic E-state index is 0.144. The SMILES string of the molecule is CCN1C(=O)/C(=C/c2c(N3CCC(C)CC3)nc3c(C)cccn3c2=O)SC1=S. The number of thioether (sulfide) groups is 1.